The highest BCUT2D eigenvalue weighted by Gasteiger charge is 2.72. The zero-order valence-electron chi connectivity index (χ0n) is 22.3. The molecule has 0 spiro atoms. The number of hydrogen-bond acceptors (Lipinski definition) is 4. The maximum absolute atomic E-state index is 14.2. The lowest BCUT2D eigenvalue weighted by molar-refractivity contribution is -0.236. The van der Waals surface area contributed by atoms with E-state index in [1.807, 2.05) is 19.9 Å². The van der Waals surface area contributed by atoms with Crippen molar-refractivity contribution in [3.05, 3.63) is 11.6 Å². The van der Waals surface area contributed by atoms with Crippen molar-refractivity contribution < 1.29 is 14.7 Å². The van der Waals surface area contributed by atoms with Crippen molar-refractivity contribution >= 4 is 11.6 Å². The van der Waals surface area contributed by atoms with Crippen LogP contribution >= 0.6 is 0 Å². The Bertz CT molecular complexity index is 1030. The molecule has 0 aromatic rings. The van der Waals surface area contributed by atoms with Crippen molar-refractivity contribution in [3.63, 3.8) is 0 Å². The van der Waals surface area contributed by atoms with Gasteiger partial charge in [-0.05, 0) is 84.4 Å². The molecule has 0 aromatic heterocycles. The number of carbonyl (C=O) groups excluding carboxylic acids is 2. The molecular formula is C30H43NO3. The van der Waals surface area contributed by atoms with E-state index in [1.54, 1.807) is 0 Å². The summed E-state index contributed by atoms with van der Waals surface area (Å²) in [6, 6.07) is 2.20. The minimum Gasteiger partial charge on any atom is -0.390 e. The van der Waals surface area contributed by atoms with Crippen molar-refractivity contribution in [2.45, 2.75) is 105 Å². The van der Waals surface area contributed by atoms with Gasteiger partial charge in [-0.1, -0.05) is 54.5 Å². The van der Waals surface area contributed by atoms with E-state index < -0.39 is 11.0 Å². The zero-order valence-corrected chi connectivity index (χ0v) is 22.3. The second-order valence-electron chi connectivity index (χ2n) is 14.8. The molecule has 34 heavy (non-hydrogen) atoms. The predicted molar refractivity (Wildman–Crippen MR) is 131 cm³/mol. The highest BCUT2D eigenvalue weighted by molar-refractivity contribution is 6.04. The summed E-state index contributed by atoms with van der Waals surface area (Å²) < 4.78 is 0. The van der Waals surface area contributed by atoms with Gasteiger partial charge in [-0.15, -0.1) is 0 Å². The molecule has 4 fully saturated rings. The number of hydrogen-bond donors (Lipinski definition) is 1. The summed E-state index contributed by atoms with van der Waals surface area (Å²) >= 11 is 0. The first kappa shape index (κ1) is 24.2. The zero-order chi connectivity index (χ0) is 25.1. The van der Waals surface area contributed by atoms with E-state index in [2.05, 4.69) is 40.7 Å². The third-order valence-corrected chi connectivity index (χ3v) is 12.4. The number of rotatable bonds is 0. The second kappa shape index (κ2) is 6.84. The molecule has 0 amide bonds. The van der Waals surface area contributed by atoms with Gasteiger partial charge in [0.2, 0.25) is 0 Å². The first-order chi connectivity index (χ1) is 15.6. The highest BCUT2D eigenvalue weighted by atomic mass is 16.3. The number of nitrogens with zero attached hydrogens (tertiary/aromatic N) is 1. The molecule has 1 N–H and O–H groups in total. The molecule has 0 aliphatic heterocycles. The van der Waals surface area contributed by atoms with Crippen LogP contribution < -0.4 is 0 Å². The minimum absolute atomic E-state index is 0.0281. The van der Waals surface area contributed by atoms with E-state index in [-0.39, 0.29) is 56.7 Å². The molecule has 5 aliphatic carbocycles. The van der Waals surface area contributed by atoms with Crippen molar-refractivity contribution in [3.8, 4) is 6.07 Å². The molecular weight excluding hydrogens is 422 g/mol. The molecule has 0 aromatic carbocycles. The normalized spacial score (nSPS) is 51.2. The molecule has 5 aliphatic rings. The lowest BCUT2D eigenvalue weighted by Crippen LogP contribution is -2.69. The van der Waals surface area contributed by atoms with E-state index in [4.69, 9.17) is 0 Å². The molecule has 4 saturated carbocycles. The predicted octanol–water partition coefficient (Wildman–Crippen LogP) is 6.03. The second-order valence-corrected chi connectivity index (χ2v) is 14.8. The number of allylic oxidation sites excluding steroid dienone is 2. The van der Waals surface area contributed by atoms with Crippen LogP contribution in [0.2, 0.25) is 0 Å². The molecule has 4 nitrogen and oxygen atoms in total. The van der Waals surface area contributed by atoms with Gasteiger partial charge in [-0.25, -0.2) is 0 Å². The maximum Gasteiger partial charge on any atom is 0.178 e. The van der Waals surface area contributed by atoms with E-state index in [0.717, 1.165) is 44.9 Å². The third kappa shape index (κ3) is 2.80. The van der Waals surface area contributed by atoms with Gasteiger partial charge in [-0.3, -0.25) is 9.59 Å². The topological polar surface area (TPSA) is 78.2 Å². The molecule has 0 saturated heterocycles. The Labute approximate surface area is 205 Å². The summed E-state index contributed by atoms with van der Waals surface area (Å²) in [5.41, 5.74) is -1.51. The van der Waals surface area contributed by atoms with Crippen LogP contribution in [0.3, 0.4) is 0 Å². The van der Waals surface area contributed by atoms with E-state index in [1.165, 1.54) is 0 Å². The van der Waals surface area contributed by atoms with Crippen LogP contribution in [0.4, 0.5) is 0 Å². The van der Waals surface area contributed by atoms with Crippen LogP contribution in [0.25, 0.3) is 0 Å². The Hall–Kier alpha value is -1.47. The van der Waals surface area contributed by atoms with Crippen molar-refractivity contribution in [2.24, 2.45) is 50.7 Å². The molecule has 0 radical (unpaired) electrons. The number of Topliss-reactive ketones (excluding diaryl/α,β-unsaturated/α-hetero) is 2. The first-order valence-electron chi connectivity index (χ1n) is 13.5. The van der Waals surface area contributed by atoms with Crippen molar-refractivity contribution in [1.82, 2.24) is 0 Å². The van der Waals surface area contributed by atoms with Crippen molar-refractivity contribution in [2.75, 3.05) is 0 Å². The van der Waals surface area contributed by atoms with Crippen LogP contribution in [0.1, 0.15) is 99.8 Å². The smallest absolute Gasteiger partial charge is 0.178 e. The lowest BCUT2D eigenvalue weighted by Gasteiger charge is -2.71. The number of fused-ring (bicyclic) bond motifs is 7. The number of nitriles is 1. The molecule has 0 bridgehead atoms. The molecule has 8 atom stereocenters. The number of aliphatic hydroxyl groups is 1. The standard InChI is InChI=1S/C30H43NO3/c1-25(2)10-12-30(34)13-11-29(7)23(19(30)16-25)20(32)14-22-27(5)15-18(17-31)24(33)26(3,4)21(27)8-9-28(22,29)6/h15,19,21-23,34H,8-14,16H2,1-7H3/t19-,21-,22?,23-,27-,28+,29+,30-/m0/s1. The van der Waals surface area contributed by atoms with E-state index in [9.17, 15) is 20.0 Å². The fourth-order valence-corrected chi connectivity index (χ4v) is 10.3. The summed E-state index contributed by atoms with van der Waals surface area (Å²) in [7, 11) is 0. The molecule has 5 rings (SSSR count). The molecule has 0 heterocycles. The van der Waals surface area contributed by atoms with Gasteiger partial charge in [0.1, 0.15) is 11.9 Å². The van der Waals surface area contributed by atoms with Crippen LogP contribution in [0.5, 0.6) is 0 Å². The molecule has 186 valence electrons. The summed E-state index contributed by atoms with van der Waals surface area (Å²) in [5, 5.41) is 21.6. The van der Waals surface area contributed by atoms with Gasteiger partial charge in [-0.2, -0.15) is 5.26 Å². The minimum atomic E-state index is -0.715. The van der Waals surface area contributed by atoms with Gasteiger partial charge >= 0.3 is 0 Å². The number of carbonyl (C=O) groups is 2. The van der Waals surface area contributed by atoms with Crippen LogP contribution in [0.15, 0.2) is 11.6 Å². The lowest BCUT2D eigenvalue weighted by atomic mass is 9.32. The van der Waals surface area contributed by atoms with Gasteiger partial charge in [0.05, 0.1) is 11.2 Å². The Morgan fingerprint density at radius 3 is 2.21 bits per heavy atom. The third-order valence-electron chi connectivity index (χ3n) is 12.4. The largest absolute Gasteiger partial charge is 0.390 e. The summed E-state index contributed by atoms with van der Waals surface area (Å²) in [5.74, 6) is 0.426. The Balaban J connectivity index is 1.63. The monoisotopic (exact) mass is 465 g/mol. The Kier molecular flexibility index (Phi) is 4.88. The first-order valence-corrected chi connectivity index (χ1v) is 13.5. The van der Waals surface area contributed by atoms with Crippen LogP contribution in [-0.4, -0.2) is 22.3 Å². The summed E-state index contributed by atoms with van der Waals surface area (Å²) in [6.45, 7) is 15.6. The fourth-order valence-electron chi connectivity index (χ4n) is 10.3. The van der Waals surface area contributed by atoms with Gasteiger partial charge in [0, 0.05) is 17.8 Å². The highest BCUT2D eigenvalue weighted by Crippen LogP contribution is 2.74. The van der Waals surface area contributed by atoms with Crippen LogP contribution in [0, 0.1) is 62.1 Å². The number of ketones is 2. The average molecular weight is 466 g/mol. The van der Waals surface area contributed by atoms with E-state index >= 15 is 0 Å². The van der Waals surface area contributed by atoms with Gasteiger partial charge < -0.3 is 5.11 Å². The van der Waals surface area contributed by atoms with Crippen LogP contribution in [-0.2, 0) is 9.59 Å². The molecule has 1 unspecified atom stereocenters. The summed E-state index contributed by atoms with van der Waals surface area (Å²) in [6.07, 6.45) is 8.78. The Morgan fingerprint density at radius 2 is 1.56 bits per heavy atom. The quantitative estimate of drug-likeness (QED) is 0.474. The van der Waals surface area contributed by atoms with Gasteiger partial charge in [0.15, 0.2) is 5.78 Å². The summed E-state index contributed by atoms with van der Waals surface area (Å²) in [4.78, 5) is 27.3. The SMILES string of the molecule is CC1(C)CC[C@]2(O)CC[C@]3(C)[C@H](C(=O)CC4[C@@]5(C)C=C(C#N)C(=O)C(C)(C)[C@@H]5CC[C@]43C)[C@@H]2C1. The van der Waals surface area contributed by atoms with E-state index in [0.29, 0.717) is 12.2 Å². The van der Waals surface area contributed by atoms with Crippen molar-refractivity contribution in [1.29, 1.82) is 5.26 Å². The molecule has 4 heteroatoms. The Morgan fingerprint density at radius 1 is 0.912 bits per heavy atom. The maximum atomic E-state index is 14.2. The fraction of sp³-hybridized carbons (Fsp3) is 0.833. The van der Waals surface area contributed by atoms with Gasteiger partial charge in [0.25, 0.3) is 0 Å². The average Bonchev–Trinajstić information content (AvgIpc) is 2.74.